The molecule has 4 rings (SSSR count). The standard InChI is InChI=1S/C23H26FN5O3/c1-26-21(30)20-18(11-14-8-9-27-19(25)12-14)22(31)29(20)23(32)28-10-2-3-16(13-28)15-4-6-17(24)7-5-15/h4-9,12,16,18,20H,2-3,10-11,13H2,1H3,(H2,25,27)(H,26,30)/t16-,18-,20+/m1/s1. The molecule has 3 N–H and O–H groups in total. The summed E-state index contributed by atoms with van der Waals surface area (Å²) in [5.74, 6) is -1.31. The van der Waals surface area contributed by atoms with Gasteiger partial charge in [0.1, 0.15) is 17.7 Å². The fourth-order valence-electron chi connectivity index (χ4n) is 4.59. The quantitative estimate of drug-likeness (QED) is 0.708. The molecule has 0 spiro atoms. The number of hydrogen-bond donors (Lipinski definition) is 2. The van der Waals surface area contributed by atoms with Crippen molar-refractivity contribution in [3.8, 4) is 0 Å². The largest absolute Gasteiger partial charge is 0.384 e. The molecule has 0 aliphatic carbocycles. The zero-order chi connectivity index (χ0) is 22.8. The zero-order valence-electron chi connectivity index (χ0n) is 17.8. The molecular formula is C23H26FN5O3. The topological polar surface area (TPSA) is 109 Å². The smallest absolute Gasteiger partial charge is 0.327 e. The third kappa shape index (κ3) is 4.15. The minimum Gasteiger partial charge on any atom is -0.384 e. The monoisotopic (exact) mass is 439 g/mol. The molecule has 2 saturated heterocycles. The number of benzene rings is 1. The maximum Gasteiger partial charge on any atom is 0.327 e. The van der Waals surface area contributed by atoms with Crippen LogP contribution in [0.5, 0.6) is 0 Å². The van der Waals surface area contributed by atoms with E-state index in [4.69, 9.17) is 5.73 Å². The average molecular weight is 439 g/mol. The Balaban J connectivity index is 1.49. The molecule has 0 bridgehead atoms. The Kier molecular flexibility index (Phi) is 6.07. The van der Waals surface area contributed by atoms with Crippen molar-refractivity contribution in [2.24, 2.45) is 5.92 Å². The van der Waals surface area contributed by atoms with Crippen LogP contribution in [-0.4, -0.2) is 58.8 Å². The van der Waals surface area contributed by atoms with Crippen LogP contribution in [0.2, 0.25) is 0 Å². The van der Waals surface area contributed by atoms with Crippen LogP contribution in [0.4, 0.5) is 15.0 Å². The number of carbonyl (C=O) groups excluding carboxylic acids is 3. The Bertz CT molecular complexity index is 1030. The second kappa shape index (κ2) is 8.94. The summed E-state index contributed by atoms with van der Waals surface area (Å²) in [5.41, 5.74) is 7.46. The lowest BCUT2D eigenvalue weighted by Gasteiger charge is -2.47. The predicted octanol–water partition coefficient (Wildman–Crippen LogP) is 1.92. The molecule has 4 amide bonds. The van der Waals surface area contributed by atoms with Crippen molar-refractivity contribution in [2.45, 2.75) is 31.2 Å². The summed E-state index contributed by atoms with van der Waals surface area (Å²) in [6.07, 6.45) is 3.48. The predicted molar refractivity (Wildman–Crippen MR) is 116 cm³/mol. The summed E-state index contributed by atoms with van der Waals surface area (Å²) < 4.78 is 13.3. The number of urea groups is 1. The van der Waals surface area contributed by atoms with Gasteiger partial charge in [0.05, 0.1) is 5.92 Å². The fraction of sp³-hybridized carbons (Fsp3) is 0.391. The summed E-state index contributed by atoms with van der Waals surface area (Å²) >= 11 is 0. The van der Waals surface area contributed by atoms with Gasteiger partial charge >= 0.3 is 6.03 Å². The number of hydrogen-bond acceptors (Lipinski definition) is 5. The van der Waals surface area contributed by atoms with E-state index in [1.54, 1.807) is 35.4 Å². The lowest BCUT2D eigenvalue weighted by molar-refractivity contribution is -0.158. The number of imide groups is 1. The van der Waals surface area contributed by atoms with Crippen molar-refractivity contribution in [1.29, 1.82) is 0 Å². The molecule has 2 aliphatic heterocycles. The highest BCUT2D eigenvalue weighted by atomic mass is 19.1. The molecule has 32 heavy (non-hydrogen) atoms. The maximum absolute atomic E-state index is 13.3. The van der Waals surface area contributed by atoms with Crippen LogP contribution in [0, 0.1) is 11.7 Å². The Morgan fingerprint density at radius 3 is 2.69 bits per heavy atom. The minimum absolute atomic E-state index is 0.0544. The molecule has 0 saturated carbocycles. The van der Waals surface area contributed by atoms with E-state index in [-0.39, 0.29) is 23.5 Å². The molecule has 1 aromatic heterocycles. The number of rotatable bonds is 4. The van der Waals surface area contributed by atoms with E-state index in [2.05, 4.69) is 10.3 Å². The highest BCUT2D eigenvalue weighted by molar-refractivity contribution is 6.09. The van der Waals surface area contributed by atoms with Gasteiger partial charge in [-0.15, -0.1) is 0 Å². The highest BCUT2D eigenvalue weighted by Crippen LogP contribution is 2.34. The van der Waals surface area contributed by atoms with Gasteiger partial charge in [0, 0.05) is 32.3 Å². The summed E-state index contributed by atoms with van der Waals surface area (Å²) in [5, 5.41) is 2.57. The number of halogens is 1. The summed E-state index contributed by atoms with van der Waals surface area (Å²) in [4.78, 5) is 45.4. The lowest BCUT2D eigenvalue weighted by Crippen LogP contribution is -2.70. The van der Waals surface area contributed by atoms with Crippen LogP contribution >= 0.6 is 0 Å². The molecule has 3 heterocycles. The normalized spacial score (nSPS) is 22.9. The highest BCUT2D eigenvalue weighted by Gasteiger charge is 2.55. The van der Waals surface area contributed by atoms with E-state index >= 15 is 0 Å². The number of nitrogens with zero attached hydrogens (tertiary/aromatic N) is 3. The van der Waals surface area contributed by atoms with Gasteiger partial charge in [-0.1, -0.05) is 12.1 Å². The van der Waals surface area contributed by atoms with Crippen LogP contribution < -0.4 is 11.1 Å². The molecule has 9 heteroatoms. The molecule has 3 atom stereocenters. The van der Waals surface area contributed by atoms with Crippen LogP contribution in [0.1, 0.15) is 29.9 Å². The first kappa shape index (κ1) is 21.7. The van der Waals surface area contributed by atoms with E-state index in [1.807, 2.05) is 0 Å². The number of likely N-dealkylation sites (N-methyl/N-ethyl adjacent to an activating group) is 1. The number of anilines is 1. The lowest BCUT2D eigenvalue weighted by atomic mass is 9.82. The van der Waals surface area contributed by atoms with Gasteiger partial charge in [-0.25, -0.2) is 14.2 Å². The van der Waals surface area contributed by atoms with Gasteiger partial charge < -0.3 is 16.0 Å². The molecule has 2 aromatic rings. The number of nitrogens with two attached hydrogens (primary N) is 1. The summed E-state index contributed by atoms with van der Waals surface area (Å²) in [6.45, 7) is 0.923. The van der Waals surface area contributed by atoms with Gasteiger partial charge in [0.2, 0.25) is 11.8 Å². The molecule has 2 fully saturated rings. The second-order valence-corrected chi connectivity index (χ2v) is 8.29. The van der Waals surface area contributed by atoms with Crippen molar-refractivity contribution < 1.29 is 18.8 Å². The maximum atomic E-state index is 13.3. The van der Waals surface area contributed by atoms with Gasteiger partial charge in [0.25, 0.3) is 0 Å². The second-order valence-electron chi connectivity index (χ2n) is 8.29. The number of piperidine rings is 1. The molecule has 1 aromatic carbocycles. The summed E-state index contributed by atoms with van der Waals surface area (Å²) in [6, 6.07) is 8.35. The molecule has 0 unspecified atom stereocenters. The number of pyridine rings is 1. The fourth-order valence-corrected chi connectivity index (χ4v) is 4.59. The number of nitrogens with one attached hydrogen (secondary N) is 1. The number of amides is 4. The van der Waals surface area contributed by atoms with Gasteiger partial charge in [-0.2, -0.15) is 0 Å². The van der Waals surface area contributed by atoms with Crippen molar-refractivity contribution in [3.63, 3.8) is 0 Å². The molecule has 2 aliphatic rings. The first-order valence-corrected chi connectivity index (χ1v) is 10.7. The summed E-state index contributed by atoms with van der Waals surface area (Å²) in [7, 11) is 1.49. The zero-order valence-corrected chi connectivity index (χ0v) is 17.8. The van der Waals surface area contributed by atoms with E-state index in [1.165, 1.54) is 19.2 Å². The first-order chi connectivity index (χ1) is 15.4. The van der Waals surface area contributed by atoms with Gasteiger partial charge in [-0.05, 0) is 54.7 Å². The van der Waals surface area contributed by atoms with E-state index in [0.717, 1.165) is 28.9 Å². The Labute approximate surface area is 185 Å². The van der Waals surface area contributed by atoms with Gasteiger partial charge in [-0.3, -0.25) is 14.5 Å². The number of β-lactam (4-membered cyclic amide) rings is 1. The van der Waals surface area contributed by atoms with E-state index < -0.39 is 18.0 Å². The molecular weight excluding hydrogens is 413 g/mol. The molecule has 168 valence electrons. The Morgan fingerprint density at radius 1 is 1.25 bits per heavy atom. The van der Waals surface area contributed by atoms with Crippen molar-refractivity contribution in [3.05, 3.63) is 59.5 Å². The third-order valence-corrected chi connectivity index (χ3v) is 6.27. The first-order valence-electron chi connectivity index (χ1n) is 10.7. The minimum atomic E-state index is -0.874. The Morgan fingerprint density at radius 2 is 2.00 bits per heavy atom. The van der Waals surface area contributed by atoms with E-state index in [9.17, 15) is 18.8 Å². The van der Waals surface area contributed by atoms with Gasteiger partial charge in [0.15, 0.2) is 0 Å². The number of nitrogen functional groups attached to an aromatic ring is 1. The number of aromatic nitrogens is 1. The van der Waals surface area contributed by atoms with Crippen LogP contribution in [0.25, 0.3) is 0 Å². The van der Waals surface area contributed by atoms with Crippen molar-refractivity contribution in [2.75, 3.05) is 25.9 Å². The van der Waals surface area contributed by atoms with Crippen LogP contribution in [-0.2, 0) is 16.0 Å². The van der Waals surface area contributed by atoms with Crippen molar-refractivity contribution in [1.82, 2.24) is 20.1 Å². The molecule has 8 nitrogen and oxygen atoms in total. The average Bonchev–Trinajstić information content (AvgIpc) is 2.80. The SMILES string of the molecule is CNC(=O)[C@@H]1[C@@H](Cc2ccnc(N)c2)C(=O)N1C(=O)N1CCC[C@@H](c2ccc(F)cc2)C1. The van der Waals surface area contributed by atoms with Crippen molar-refractivity contribution >= 4 is 23.7 Å². The number of carbonyl (C=O) groups is 3. The van der Waals surface area contributed by atoms with E-state index in [0.29, 0.717) is 25.3 Å². The van der Waals surface area contributed by atoms with Crippen LogP contribution in [0.3, 0.4) is 0 Å². The number of likely N-dealkylation sites (tertiary alicyclic amines) is 2. The Hall–Kier alpha value is -3.49. The molecule has 0 radical (unpaired) electrons. The third-order valence-electron chi connectivity index (χ3n) is 6.27. The van der Waals surface area contributed by atoms with Crippen LogP contribution in [0.15, 0.2) is 42.6 Å².